The molecule has 1 unspecified atom stereocenters. The predicted octanol–water partition coefficient (Wildman–Crippen LogP) is 2.47. The SMILES string of the molecule is CN(Cc1ccsc1)C(=O)CC(N)C(C)(C)C. The average Bonchev–Trinajstić information content (AvgIpc) is 2.68. The van der Waals surface area contributed by atoms with Crippen LogP contribution in [-0.4, -0.2) is 23.9 Å². The molecule has 1 amide bonds. The molecule has 0 aliphatic rings. The first-order valence-corrected chi connectivity index (χ1v) is 6.75. The van der Waals surface area contributed by atoms with E-state index in [-0.39, 0.29) is 17.4 Å². The molecule has 0 fully saturated rings. The Hall–Kier alpha value is -0.870. The summed E-state index contributed by atoms with van der Waals surface area (Å²) in [5, 5.41) is 4.09. The van der Waals surface area contributed by atoms with Crippen LogP contribution in [0.25, 0.3) is 0 Å². The van der Waals surface area contributed by atoms with Crippen LogP contribution in [0.4, 0.5) is 0 Å². The monoisotopic (exact) mass is 254 g/mol. The van der Waals surface area contributed by atoms with Gasteiger partial charge in [0.1, 0.15) is 0 Å². The zero-order valence-corrected chi connectivity index (χ0v) is 11.9. The van der Waals surface area contributed by atoms with Gasteiger partial charge in [0.15, 0.2) is 0 Å². The van der Waals surface area contributed by atoms with Gasteiger partial charge in [0.05, 0.1) is 0 Å². The van der Waals surface area contributed by atoms with Crippen LogP contribution in [0.2, 0.25) is 0 Å². The molecule has 1 atom stereocenters. The summed E-state index contributed by atoms with van der Waals surface area (Å²) in [6.07, 6.45) is 0.407. The molecule has 17 heavy (non-hydrogen) atoms. The summed E-state index contributed by atoms with van der Waals surface area (Å²) in [5.41, 5.74) is 7.16. The molecule has 0 radical (unpaired) electrons. The summed E-state index contributed by atoms with van der Waals surface area (Å²) in [7, 11) is 1.83. The number of nitrogens with two attached hydrogens (primary N) is 1. The number of hydrogen-bond acceptors (Lipinski definition) is 3. The fourth-order valence-electron chi connectivity index (χ4n) is 1.39. The molecule has 1 aromatic rings. The highest BCUT2D eigenvalue weighted by Crippen LogP contribution is 2.20. The molecule has 4 heteroatoms. The largest absolute Gasteiger partial charge is 0.341 e. The summed E-state index contributed by atoms with van der Waals surface area (Å²) in [6.45, 7) is 6.84. The van der Waals surface area contributed by atoms with Gasteiger partial charge in [-0.05, 0) is 27.8 Å². The summed E-state index contributed by atoms with van der Waals surface area (Å²) < 4.78 is 0. The summed E-state index contributed by atoms with van der Waals surface area (Å²) in [5.74, 6) is 0.110. The number of amides is 1. The van der Waals surface area contributed by atoms with Crippen molar-refractivity contribution in [3.8, 4) is 0 Å². The molecular weight excluding hydrogens is 232 g/mol. The lowest BCUT2D eigenvalue weighted by Crippen LogP contribution is -2.40. The first-order chi connectivity index (χ1) is 7.80. The lowest BCUT2D eigenvalue weighted by Gasteiger charge is -2.28. The maximum atomic E-state index is 12.0. The summed E-state index contributed by atoms with van der Waals surface area (Å²) in [6, 6.07) is 1.94. The van der Waals surface area contributed by atoms with Crippen molar-refractivity contribution in [3.63, 3.8) is 0 Å². The number of rotatable bonds is 4. The standard InChI is InChI=1S/C13H22N2OS/c1-13(2,3)11(14)7-12(16)15(4)8-10-5-6-17-9-10/h5-6,9,11H,7-8,14H2,1-4H3. The normalized spacial score (nSPS) is 13.5. The molecule has 1 aromatic heterocycles. The van der Waals surface area contributed by atoms with Gasteiger partial charge in [-0.1, -0.05) is 20.8 Å². The number of nitrogens with zero attached hydrogens (tertiary/aromatic N) is 1. The molecule has 1 heterocycles. The van der Waals surface area contributed by atoms with Crippen LogP contribution >= 0.6 is 11.3 Å². The Morgan fingerprint density at radius 3 is 2.65 bits per heavy atom. The third-order valence-electron chi connectivity index (χ3n) is 2.93. The van der Waals surface area contributed by atoms with E-state index in [1.807, 2.05) is 18.5 Å². The second-order valence-electron chi connectivity index (χ2n) is 5.56. The lowest BCUT2D eigenvalue weighted by molar-refractivity contribution is -0.131. The molecule has 3 nitrogen and oxygen atoms in total. The third-order valence-corrected chi connectivity index (χ3v) is 3.66. The lowest BCUT2D eigenvalue weighted by atomic mass is 9.85. The second-order valence-corrected chi connectivity index (χ2v) is 6.34. The topological polar surface area (TPSA) is 46.3 Å². The van der Waals surface area contributed by atoms with Crippen LogP contribution in [0.3, 0.4) is 0 Å². The van der Waals surface area contributed by atoms with Crippen molar-refractivity contribution >= 4 is 17.2 Å². The van der Waals surface area contributed by atoms with E-state index in [4.69, 9.17) is 5.73 Å². The molecule has 0 bridgehead atoms. The number of carbonyl (C=O) groups is 1. The minimum absolute atomic E-state index is 0.0289. The number of carbonyl (C=O) groups excluding carboxylic acids is 1. The van der Waals surface area contributed by atoms with Crippen molar-refractivity contribution < 1.29 is 4.79 Å². The predicted molar refractivity (Wildman–Crippen MR) is 72.8 cm³/mol. The van der Waals surface area contributed by atoms with Crippen LogP contribution in [0.5, 0.6) is 0 Å². The first-order valence-electron chi connectivity index (χ1n) is 5.81. The van der Waals surface area contributed by atoms with E-state index in [1.54, 1.807) is 16.2 Å². The molecule has 0 spiro atoms. The van der Waals surface area contributed by atoms with Crippen molar-refractivity contribution in [2.75, 3.05) is 7.05 Å². The van der Waals surface area contributed by atoms with Gasteiger partial charge in [-0.25, -0.2) is 0 Å². The minimum atomic E-state index is -0.0973. The molecule has 2 N–H and O–H groups in total. The van der Waals surface area contributed by atoms with Gasteiger partial charge in [-0.3, -0.25) is 4.79 Å². The highest BCUT2D eigenvalue weighted by molar-refractivity contribution is 7.07. The zero-order valence-electron chi connectivity index (χ0n) is 11.1. The maximum Gasteiger partial charge on any atom is 0.224 e. The van der Waals surface area contributed by atoms with Gasteiger partial charge in [0.2, 0.25) is 5.91 Å². The molecule has 1 rings (SSSR count). The van der Waals surface area contributed by atoms with Crippen LogP contribution in [-0.2, 0) is 11.3 Å². The van der Waals surface area contributed by atoms with E-state index in [2.05, 4.69) is 26.2 Å². The van der Waals surface area contributed by atoms with Crippen molar-refractivity contribution in [1.82, 2.24) is 4.90 Å². The van der Waals surface area contributed by atoms with Crippen LogP contribution in [0.15, 0.2) is 16.8 Å². The Balaban J connectivity index is 2.48. The van der Waals surface area contributed by atoms with E-state index >= 15 is 0 Å². The minimum Gasteiger partial charge on any atom is -0.341 e. The van der Waals surface area contributed by atoms with Gasteiger partial charge in [-0.15, -0.1) is 0 Å². The first kappa shape index (κ1) is 14.2. The summed E-state index contributed by atoms with van der Waals surface area (Å²) >= 11 is 1.65. The van der Waals surface area contributed by atoms with Crippen molar-refractivity contribution in [1.29, 1.82) is 0 Å². The van der Waals surface area contributed by atoms with E-state index in [9.17, 15) is 4.79 Å². The van der Waals surface area contributed by atoms with E-state index < -0.39 is 0 Å². The van der Waals surface area contributed by atoms with E-state index in [0.29, 0.717) is 13.0 Å². The van der Waals surface area contributed by atoms with Crippen LogP contribution < -0.4 is 5.73 Å². The molecular formula is C13H22N2OS. The van der Waals surface area contributed by atoms with Gasteiger partial charge < -0.3 is 10.6 Å². The van der Waals surface area contributed by atoms with Crippen LogP contribution in [0, 0.1) is 5.41 Å². The number of hydrogen-bond donors (Lipinski definition) is 1. The van der Waals surface area contributed by atoms with Crippen molar-refractivity contribution in [3.05, 3.63) is 22.4 Å². The third kappa shape index (κ3) is 4.48. The molecule has 96 valence electrons. The van der Waals surface area contributed by atoms with Gasteiger partial charge in [-0.2, -0.15) is 11.3 Å². The molecule has 0 aliphatic carbocycles. The van der Waals surface area contributed by atoms with Gasteiger partial charge in [0, 0.05) is 26.1 Å². The van der Waals surface area contributed by atoms with Crippen molar-refractivity contribution in [2.45, 2.75) is 39.8 Å². The fourth-order valence-corrected chi connectivity index (χ4v) is 2.05. The number of thiophene rings is 1. The maximum absolute atomic E-state index is 12.0. The smallest absolute Gasteiger partial charge is 0.224 e. The van der Waals surface area contributed by atoms with Gasteiger partial charge >= 0.3 is 0 Å². The van der Waals surface area contributed by atoms with E-state index in [1.165, 1.54) is 5.56 Å². The Kier molecular flexibility index (Phi) is 4.71. The Labute approximate surface area is 108 Å². The molecule has 0 saturated carbocycles. The second kappa shape index (κ2) is 5.65. The zero-order chi connectivity index (χ0) is 13.1. The summed E-state index contributed by atoms with van der Waals surface area (Å²) in [4.78, 5) is 13.7. The quantitative estimate of drug-likeness (QED) is 0.897. The Morgan fingerprint density at radius 1 is 1.53 bits per heavy atom. The molecule has 0 aromatic carbocycles. The van der Waals surface area contributed by atoms with Gasteiger partial charge in [0.25, 0.3) is 0 Å². The average molecular weight is 254 g/mol. The molecule has 0 saturated heterocycles. The van der Waals surface area contributed by atoms with Crippen LogP contribution in [0.1, 0.15) is 32.8 Å². The Bertz CT molecular complexity index is 354. The molecule has 0 aliphatic heterocycles. The highest BCUT2D eigenvalue weighted by atomic mass is 32.1. The Morgan fingerprint density at radius 2 is 2.18 bits per heavy atom. The highest BCUT2D eigenvalue weighted by Gasteiger charge is 2.24. The van der Waals surface area contributed by atoms with E-state index in [0.717, 1.165) is 0 Å². The van der Waals surface area contributed by atoms with Crippen molar-refractivity contribution in [2.24, 2.45) is 11.1 Å². The fraction of sp³-hybridized carbons (Fsp3) is 0.615.